The number of nitrogens with two attached hydrogens (primary N) is 1. The highest BCUT2D eigenvalue weighted by Gasteiger charge is 2.06. The van der Waals surface area contributed by atoms with Crippen molar-refractivity contribution in [1.29, 1.82) is 5.26 Å². The fourth-order valence-electron chi connectivity index (χ4n) is 1.62. The number of nitriles is 1. The van der Waals surface area contributed by atoms with E-state index in [1.165, 1.54) is 16.8 Å². The van der Waals surface area contributed by atoms with Gasteiger partial charge in [0.05, 0.1) is 7.11 Å². The Balaban J connectivity index is 2.60. The van der Waals surface area contributed by atoms with Gasteiger partial charge in [-0.25, -0.2) is 0 Å². The lowest BCUT2D eigenvalue weighted by Gasteiger charge is -2.08. The van der Waals surface area contributed by atoms with Crippen LogP contribution in [0.4, 0.5) is 5.69 Å². The van der Waals surface area contributed by atoms with Crippen LogP contribution in [0.3, 0.4) is 0 Å². The van der Waals surface area contributed by atoms with E-state index in [-0.39, 0.29) is 5.56 Å². The van der Waals surface area contributed by atoms with Crippen molar-refractivity contribution < 1.29 is 4.74 Å². The highest BCUT2D eigenvalue weighted by Crippen LogP contribution is 2.14. The Morgan fingerprint density at radius 3 is 2.56 bits per heavy atom. The minimum Gasteiger partial charge on any atom is -0.497 e. The van der Waals surface area contributed by atoms with Crippen LogP contribution in [0.15, 0.2) is 41.3 Å². The van der Waals surface area contributed by atoms with Gasteiger partial charge < -0.3 is 10.5 Å². The van der Waals surface area contributed by atoms with E-state index < -0.39 is 5.56 Å². The van der Waals surface area contributed by atoms with Crippen LogP contribution in [-0.2, 0) is 0 Å². The normalized spacial score (nSPS) is 9.78. The summed E-state index contributed by atoms with van der Waals surface area (Å²) in [4.78, 5) is 12.0. The summed E-state index contributed by atoms with van der Waals surface area (Å²) in [5.74, 6) is 0.691. The molecule has 1 aromatic carbocycles. The second kappa shape index (κ2) is 4.63. The molecule has 0 saturated heterocycles. The maximum absolute atomic E-state index is 12.0. The molecule has 5 nitrogen and oxygen atoms in total. The van der Waals surface area contributed by atoms with Crippen molar-refractivity contribution in [3.8, 4) is 17.5 Å². The molecule has 0 unspecified atom stereocenters. The number of benzene rings is 1. The van der Waals surface area contributed by atoms with E-state index in [4.69, 9.17) is 15.7 Å². The van der Waals surface area contributed by atoms with Gasteiger partial charge in [-0.3, -0.25) is 9.36 Å². The predicted octanol–water partition coefficient (Wildman–Crippen LogP) is 1.30. The van der Waals surface area contributed by atoms with Crippen LogP contribution in [0.25, 0.3) is 5.69 Å². The fraction of sp³-hybridized carbons (Fsp3) is 0.0769. The van der Waals surface area contributed by atoms with Crippen molar-refractivity contribution in [1.82, 2.24) is 4.57 Å². The van der Waals surface area contributed by atoms with Gasteiger partial charge in [0, 0.05) is 17.6 Å². The van der Waals surface area contributed by atoms with Crippen LogP contribution in [0, 0.1) is 11.3 Å². The van der Waals surface area contributed by atoms with Crippen LogP contribution in [-0.4, -0.2) is 11.7 Å². The first kappa shape index (κ1) is 11.7. The quantitative estimate of drug-likeness (QED) is 0.859. The maximum atomic E-state index is 12.0. The van der Waals surface area contributed by atoms with Crippen molar-refractivity contribution in [2.75, 3.05) is 12.8 Å². The Kier molecular flexibility index (Phi) is 3.02. The molecule has 0 aliphatic heterocycles. The SMILES string of the molecule is COc1ccc(-n2cc(N)cc(C#N)c2=O)cc1. The van der Waals surface area contributed by atoms with Gasteiger partial charge >= 0.3 is 0 Å². The van der Waals surface area contributed by atoms with Crippen LogP contribution < -0.4 is 16.0 Å². The smallest absolute Gasteiger partial charge is 0.273 e. The van der Waals surface area contributed by atoms with E-state index in [2.05, 4.69) is 0 Å². The van der Waals surface area contributed by atoms with Crippen molar-refractivity contribution in [3.05, 3.63) is 52.4 Å². The van der Waals surface area contributed by atoms with Gasteiger partial charge in [-0.2, -0.15) is 5.26 Å². The molecule has 18 heavy (non-hydrogen) atoms. The molecular weight excluding hydrogens is 230 g/mol. The molecule has 0 spiro atoms. The molecule has 1 heterocycles. The van der Waals surface area contributed by atoms with Crippen LogP contribution in [0.2, 0.25) is 0 Å². The second-order valence-electron chi connectivity index (χ2n) is 3.67. The number of aromatic nitrogens is 1. The first-order valence-corrected chi connectivity index (χ1v) is 5.22. The zero-order chi connectivity index (χ0) is 13.1. The lowest BCUT2D eigenvalue weighted by atomic mass is 10.2. The standard InChI is InChI=1S/C13H11N3O2/c1-18-12-4-2-11(3-5-12)16-8-10(15)6-9(7-14)13(16)17/h2-6,8H,15H2,1H3. The third-order valence-electron chi connectivity index (χ3n) is 2.51. The minimum absolute atomic E-state index is 0.0193. The monoisotopic (exact) mass is 241 g/mol. The van der Waals surface area contributed by atoms with E-state index in [9.17, 15) is 4.79 Å². The van der Waals surface area contributed by atoms with Crippen molar-refractivity contribution in [2.45, 2.75) is 0 Å². The third-order valence-corrected chi connectivity index (χ3v) is 2.51. The second-order valence-corrected chi connectivity index (χ2v) is 3.67. The van der Waals surface area contributed by atoms with Gasteiger partial charge in [0.15, 0.2) is 0 Å². The van der Waals surface area contributed by atoms with E-state index in [1.807, 2.05) is 6.07 Å². The molecule has 2 aromatic rings. The Morgan fingerprint density at radius 2 is 2.00 bits per heavy atom. The number of anilines is 1. The molecule has 0 aliphatic rings. The van der Waals surface area contributed by atoms with Crippen LogP contribution >= 0.6 is 0 Å². The maximum Gasteiger partial charge on any atom is 0.273 e. The molecule has 0 radical (unpaired) electrons. The zero-order valence-corrected chi connectivity index (χ0v) is 9.75. The molecule has 0 amide bonds. The Morgan fingerprint density at radius 1 is 1.33 bits per heavy atom. The van der Waals surface area contributed by atoms with Crippen LogP contribution in [0.1, 0.15) is 5.56 Å². The predicted molar refractivity (Wildman–Crippen MR) is 67.7 cm³/mol. The molecule has 0 bridgehead atoms. The summed E-state index contributed by atoms with van der Waals surface area (Å²) in [5.41, 5.74) is 6.28. The summed E-state index contributed by atoms with van der Waals surface area (Å²) in [5, 5.41) is 8.86. The summed E-state index contributed by atoms with van der Waals surface area (Å²) >= 11 is 0. The number of hydrogen-bond acceptors (Lipinski definition) is 4. The Bertz CT molecular complexity index is 666. The molecule has 0 fully saturated rings. The van der Waals surface area contributed by atoms with E-state index in [0.717, 1.165) is 0 Å². The number of nitrogens with zero attached hydrogens (tertiary/aromatic N) is 2. The van der Waals surface area contributed by atoms with Gasteiger partial charge in [0.25, 0.3) is 5.56 Å². The Labute approximate surface area is 104 Å². The zero-order valence-electron chi connectivity index (χ0n) is 9.75. The van der Waals surface area contributed by atoms with Gasteiger partial charge in [0.2, 0.25) is 0 Å². The largest absolute Gasteiger partial charge is 0.497 e. The summed E-state index contributed by atoms with van der Waals surface area (Å²) in [7, 11) is 1.56. The van der Waals surface area contributed by atoms with Crippen molar-refractivity contribution in [2.24, 2.45) is 0 Å². The van der Waals surface area contributed by atoms with E-state index in [0.29, 0.717) is 17.1 Å². The van der Waals surface area contributed by atoms with Gasteiger partial charge in [-0.05, 0) is 30.3 Å². The van der Waals surface area contributed by atoms with Crippen molar-refractivity contribution in [3.63, 3.8) is 0 Å². The highest BCUT2D eigenvalue weighted by molar-refractivity contribution is 5.47. The molecule has 90 valence electrons. The average molecular weight is 241 g/mol. The fourth-order valence-corrected chi connectivity index (χ4v) is 1.62. The topological polar surface area (TPSA) is 81.0 Å². The van der Waals surface area contributed by atoms with Crippen LogP contribution in [0.5, 0.6) is 5.75 Å². The summed E-state index contributed by atoms with van der Waals surface area (Å²) < 4.78 is 6.38. The molecular formula is C13H11N3O2. The minimum atomic E-state index is -0.392. The number of rotatable bonds is 2. The molecule has 0 atom stereocenters. The summed E-state index contributed by atoms with van der Waals surface area (Å²) in [6.07, 6.45) is 1.49. The van der Waals surface area contributed by atoms with Gasteiger partial charge in [-0.15, -0.1) is 0 Å². The highest BCUT2D eigenvalue weighted by atomic mass is 16.5. The summed E-state index contributed by atoms with van der Waals surface area (Å²) in [6.45, 7) is 0. The third kappa shape index (κ3) is 2.04. The molecule has 5 heteroatoms. The van der Waals surface area contributed by atoms with E-state index in [1.54, 1.807) is 31.4 Å². The molecule has 1 aromatic heterocycles. The molecule has 0 aliphatic carbocycles. The molecule has 2 rings (SSSR count). The number of ether oxygens (including phenoxy) is 1. The number of pyridine rings is 1. The van der Waals surface area contributed by atoms with Gasteiger partial charge in [0.1, 0.15) is 17.4 Å². The van der Waals surface area contributed by atoms with E-state index >= 15 is 0 Å². The molecule has 2 N–H and O–H groups in total. The van der Waals surface area contributed by atoms with Crippen molar-refractivity contribution >= 4 is 5.69 Å². The van der Waals surface area contributed by atoms with Gasteiger partial charge in [-0.1, -0.05) is 0 Å². The average Bonchev–Trinajstić information content (AvgIpc) is 2.41. The lowest BCUT2D eigenvalue weighted by Crippen LogP contribution is -2.21. The number of hydrogen-bond donors (Lipinski definition) is 1. The Hall–Kier alpha value is -2.74. The number of methoxy groups -OCH3 is 1. The lowest BCUT2D eigenvalue weighted by molar-refractivity contribution is 0.414. The first-order chi connectivity index (χ1) is 8.65. The number of nitrogen functional groups attached to an aromatic ring is 1. The summed E-state index contributed by atoms with van der Waals surface area (Å²) in [6, 6.07) is 10.1. The molecule has 0 saturated carbocycles. The first-order valence-electron chi connectivity index (χ1n) is 5.22.